The fourth-order valence-corrected chi connectivity index (χ4v) is 2.57. The predicted molar refractivity (Wildman–Crippen MR) is 77.8 cm³/mol. The number of aliphatic hydroxyl groups is 1. The lowest BCUT2D eigenvalue weighted by Gasteiger charge is -2.10. The number of alkyl halides is 3. The van der Waals surface area contributed by atoms with Gasteiger partial charge in [0, 0.05) is 19.6 Å². The summed E-state index contributed by atoms with van der Waals surface area (Å²) in [5.41, 5.74) is -0.150. The number of carbonyl (C=O) groups excluding carboxylic acids is 1. The van der Waals surface area contributed by atoms with Gasteiger partial charge in [0.05, 0.1) is 18.3 Å². The van der Waals surface area contributed by atoms with Crippen molar-refractivity contribution in [2.75, 3.05) is 20.3 Å². The molecule has 0 aliphatic heterocycles. The minimum atomic E-state index is -4.37. The lowest BCUT2D eigenvalue weighted by Crippen LogP contribution is -2.29. The van der Waals surface area contributed by atoms with Crippen molar-refractivity contribution >= 4 is 5.91 Å². The van der Waals surface area contributed by atoms with E-state index in [1.807, 2.05) is 0 Å². The first-order chi connectivity index (χ1) is 10.8. The van der Waals surface area contributed by atoms with Crippen LogP contribution in [0.15, 0.2) is 24.3 Å². The Kier molecular flexibility index (Phi) is 5.64. The fraction of sp³-hybridized carbons (Fsp3) is 0.562. The number of hydrogen-bond donors (Lipinski definition) is 2. The highest BCUT2D eigenvalue weighted by Crippen LogP contribution is 2.48. The van der Waals surface area contributed by atoms with Crippen LogP contribution in [-0.4, -0.2) is 37.4 Å². The van der Waals surface area contributed by atoms with Gasteiger partial charge in [-0.2, -0.15) is 13.2 Å². The first-order valence-corrected chi connectivity index (χ1v) is 7.44. The summed E-state index contributed by atoms with van der Waals surface area (Å²) in [4.78, 5) is 12.0. The summed E-state index contributed by atoms with van der Waals surface area (Å²) in [5, 5.41) is 12.2. The molecule has 1 aromatic carbocycles. The van der Waals surface area contributed by atoms with Gasteiger partial charge in [0.2, 0.25) is 5.91 Å². The van der Waals surface area contributed by atoms with Gasteiger partial charge in [0.1, 0.15) is 0 Å². The standard InChI is InChI=1S/C16H20F3NO3/c1-23-9-12(21)5-6-20-15(22)14-8-13(14)10-3-2-4-11(7-10)16(17,18)19/h2-4,7,12-14,21H,5-6,8-9H2,1H3,(H,20,22). The maximum absolute atomic E-state index is 12.7. The maximum atomic E-state index is 12.7. The van der Waals surface area contributed by atoms with Crippen molar-refractivity contribution in [3.63, 3.8) is 0 Å². The second kappa shape index (κ2) is 7.31. The number of halogens is 3. The lowest BCUT2D eigenvalue weighted by molar-refractivity contribution is -0.137. The molecule has 1 amide bonds. The largest absolute Gasteiger partial charge is 0.416 e. The van der Waals surface area contributed by atoms with E-state index in [0.29, 0.717) is 24.9 Å². The van der Waals surface area contributed by atoms with Crippen LogP contribution < -0.4 is 5.32 Å². The Balaban J connectivity index is 1.84. The zero-order valence-corrected chi connectivity index (χ0v) is 12.8. The molecule has 7 heteroatoms. The molecule has 1 aliphatic carbocycles. The molecule has 0 bridgehead atoms. The van der Waals surface area contributed by atoms with Crippen LogP contribution in [0.5, 0.6) is 0 Å². The molecule has 2 N–H and O–H groups in total. The van der Waals surface area contributed by atoms with Crippen LogP contribution in [-0.2, 0) is 15.7 Å². The minimum Gasteiger partial charge on any atom is -0.391 e. The molecule has 2 rings (SSSR count). The molecule has 3 atom stereocenters. The maximum Gasteiger partial charge on any atom is 0.416 e. The van der Waals surface area contributed by atoms with E-state index in [1.54, 1.807) is 6.07 Å². The molecule has 0 saturated heterocycles. The van der Waals surface area contributed by atoms with E-state index in [-0.39, 0.29) is 24.3 Å². The van der Waals surface area contributed by atoms with E-state index in [4.69, 9.17) is 4.74 Å². The number of hydrogen-bond acceptors (Lipinski definition) is 3. The van der Waals surface area contributed by atoms with Crippen molar-refractivity contribution in [3.8, 4) is 0 Å². The molecule has 3 unspecified atom stereocenters. The third kappa shape index (κ3) is 4.94. The molecule has 0 aromatic heterocycles. The van der Waals surface area contributed by atoms with Gasteiger partial charge in [0.15, 0.2) is 0 Å². The summed E-state index contributed by atoms with van der Waals surface area (Å²) in [6, 6.07) is 5.13. The topological polar surface area (TPSA) is 58.6 Å². The van der Waals surface area contributed by atoms with Gasteiger partial charge in [-0.1, -0.05) is 18.2 Å². The Bertz CT molecular complexity index is 548. The Morgan fingerprint density at radius 1 is 1.48 bits per heavy atom. The zero-order valence-electron chi connectivity index (χ0n) is 12.8. The summed E-state index contributed by atoms with van der Waals surface area (Å²) in [5.74, 6) is -0.642. The number of carbonyl (C=O) groups is 1. The molecule has 1 aliphatic rings. The molecule has 128 valence electrons. The Hall–Kier alpha value is -1.60. The number of nitrogens with one attached hydrogen (secondary N) is 1. The van der Waals surface area contributed by atoms with Crippen molar-refractivity contribution in [1.29, 1.82) is 0 Å². The first-order valence-electron chi connectivity index (χ1n) is 7.44. The van der Waals surface area contributed by atoms with Crippen LogP contribution in [0.3, 0.4) is 0 Å². The van der Waals surface area contributed by atoms with Crippen molar-refractivity contribution in [1.82, 2.24) is 5.32 Å². The van der Waals surface area contributed by atoms with Crippen molar-refractivity contribution in [2.45, 2.75) is 31.0 Å². The van der Waals surface area contributed by atoms with Gasteiger partial charge >= 0.3 is 6.18 Å². The summed E-state index contributed by atoms with van der Waals surface area (Å²) in [6.07, 6.45) is -4.09. The fourth-order valence-electron chi connectivity index (χ4n) is 2.57. The number of aliphatic hydroxyl groups excluding tert-OH is 1. The molecule has 0 heterocycles. The third-order valence-corrected chi connectivity index (χ3v) is 3.91. The third-order valence-electron chi connectivity index (χ3n) is 3.91. The summed E-state index contributed by atoms with van der Waals surface area (Å²) >= 11 is 0. The van der Waals surface area contributed by atoms with Gasteiger partial charge in [-0.15, -0.1) is 0 Å². The number of methoxy groups -OCH3 is 1. The first kappa shape index (κ1) is 17.7. The molecule has 1 fully saturated rings. The zero-order chi connectivity index (χ0) is 17.0. The molecule has 0 spiro atoms. The highest BCUT2D eigenvalue weighted by atomic mass is 19.4. The van der Waals surface area contributed by atoms with Crippen LogP contribution in [0, 0.1) is 5.92 Å². The van der Waals surface area contributed by atoms with Crippen molar-refractivity contribution < 1.29 is 27.8 Å². The molecule has 0 radical (unpaired) electrons. The molecule has 4 nitrogen and oxygen atoms in total. The van der Waals surface area contributed by atoms with Crippen molar-refractivity contribution in [2.24, 2.45) is 5.92 Å². The van der Waals surface area contributed by atoms with Gasteiger partial charge in [-0.05, 0) is 30.4 Å². The van der Waals surface area contributed by atoms with Crippen LogP contribution in [0.4, 0.5) is 13.2 Å². The summed E-state index contributed by atoms with van der Waals surface area (Å²) in [6.45, 7) is 0.515. The SMILES string of the molecule is COCC(O)CCNC(=O)C1CC1c1cccc(C(F)(F)F)c1. The van der Waals surface area contributed by atoms with Gasteiger partial charge in [-0.3, -0.25) is 4.79 Å². The van der Waals surface area contributed by atoms with Crippen LogP contribution in [0.25, 0.3) is 0 Å². The van der Waals surface area contributed by atoms with Gasteiger partial charge < -0.3 is 15.2 Å². The number of ether oxygens (including phenoxy) is 1. The quantitative estimate of drug-likeness (QED) is 0.806. The van der Waals surface area contributed by atoms with E-state index in [9.17, 15) is 23.1 Å². The monoisotopic (exact) mass is 331 g/mol. The summed E-state index contributed by atoms with van der Waals surface area (Å²) < 4.78 is 42.9. The summed E-state index contributed by atoms with van der Waals surface area (Å²) in [7, 11) is 1.48. The normalized spacial score (nSPS) is 21.8. The second-order valence-corrected chi connectivity index (χ2v) is 5.76. The molecular weight excluding hydrogens is 311 g/mol. The smallest absolute Gasteiger partial charge is 0.391 e. The Morgan fingerprint density at radius 3 is 2.87 bits per heavy atom. The molecule has 23 heavy (non-hydrogen) atoms. The van der Waals surface area contributed by atoms with E-state index in [1.165, 1.54) is 13.2 Å². The van der Waals surface area contributed by atoms with E-state index < -0.39 is 17.8 Å². The minimum absolute atomic E-state index is 0.166. The molecular formula is C16H20F3NO3. The predicted octanol–water partition coefficient (Wildman–Crippen LogP) is 2.32. The second-order valence-electron chi connectivity index (χ2n) is 5.76. The van der Waals surface area contributed by atoms with Crippen LogP contribution >= 0.6 is 0 Å². The van der Waals surface area contributed by atoms with E-state index in [2.05, 4.69) is 5.32 Å². The van der Waals surface area contributed by atoms with Crippen LogP contribution in [0.2, 0.25) is 0 Å². The van der Waals surface area contributed by atoms with Crippen molar-refractivity contribution in [3.05, 3.63) is 35.4 Å². The number of amides is 1. The van der Waals surface area contributed by atoms with Gasteiger partial charge in [-0.25, -0.2) is 0 Å². The average Bonchev–Trinajstić information content (AvgIpc) is 3.27. The Labute approximate surface area is 132 Å². The molecule has 1 saturated carbocycles. The number of benzene rings is 1. The molecule has 1 aromatic rings. The highest BCUT2D eigenvalue weighted by Gasteiger charge is 2.44. The van der Waals surface area contributed by atoms with E-state index in [0.717, 1.165) is 12.1 Å². The Morgan fingerprint density at radius 2 is 2.22 bits per heavy atom. The lowest BCUT2D eigenvalue weighted by atomic mass is 10.1. The van der Waals surface area contributed by atoms with Gasteiger partial charge in [0.25, 0.3) is 0 Å². The highest BCUT2D eigenvalue weighted by molar-refractivity contribution is 5.82. The average molecular weight is 331 g/mol. The van der Waals surface area contributed by atoms with Crippen LogP contribution in [0.1, 0.15) is 29.9 Å². The number of rotatable bonds is 7. The van der Waals surface area contributed by atoms with E-state index >= 15 is 0 Å².